The van der Waals surface area contributed by atoms with E-state index in [4.69, 9.17) is 5.11 Å². The number of unbranched alkanes of at least 4 members (excludes halogenated alkanes) is 1. The summed E-state index contributed by atoms with van der Waals surface area (Å²) in [6, 6.07) is 0. The molecule has 0 aromatic heterocycles. The first-order valence-corrected chi connectivity index (χ1v) is 6.05. The summed E-state index contributed by atoms with van der Waals surface area (Å²) in [5, 5.41) is 8.99. The monoisotopic (exact) mass is 227 g/mol. The van der Waals surface area contributed by atoms with Gasteiger partial charge in [-0.15, -0.1) is 0 Å². The summed E-state index contributed by atoms with van der Waals surface area (Å²) in [5.41, 5.74) is 0. The maximum atomic E-state index is 11.8. The van der Waals surface area contributed by atoms with Crippen LogP contribution < -0.4 is 0 Å². The fraction of sp³-hybridized carbons (Fsp3) is 0.833. The van der Waals surface area contributed by atoms with Gasteiger partial charge < -0.3 is 10.0 Å². The summed E-state index contributed by atoms with van der Waals surface area (Å²) in [5.74, 6) is -0.755. The Morgan fingerprint density at radius 3 is 2.62 bits per heavy atom. The number of hydrogen-bond acceptors (Lipinski definition) is 2. The van der Waals surface area contributed by atoms with E-state index in [9.17, 15) is 9.59 Å². The highest BCUT2D eigenvalue weighted by Crippen LogP contribution is 2.22. The van der Waals surface area contributed by atoms with Gasteiger partial charge in [0.1, 0.15) is 0 Å². The molecular weight excluding hydrogens is 206 g/mol. The lowest BCUT2D eigenvalue weighted by Gasteiger charge is -2.34. The predicted octanol–water partition coefficient (Wildman–Crippen LogP) is 1.75. The largest absolute Gasteiger partial charge is 0.481 e. The van der Waals surface area contributed by atoms with Gasteiger partial charge in [0, 0.05) is 19.5 Å². The smallest absolute Gasteiger partial charge is 0.308 e. The third-order valence-electron chi connectivity index (χ3n) is 3.11. The second-order valence-corrected chi connectivity index (χ2v) is 4.78. The first-order valence-electron chi connectivity index (χ1n) is 6.05. The average molecular weight is 227 g/mol. The second kappa shape index (κ2) is 5.87. The van der Waals surface area contributed by atoms with Gasteiger partial charge in [0.15, 0.2) is 0 Å². The Morgan fingerprint density at radius 1 is 1.38 bits per heavy atom. The lowest BCUT2D eigenvalue weighted by molar-refractivity contribution is -0.146. The number of hydrogen-bond donors (Lipinski definition) is 1. The average Bonchev–Trinajstić information content (AvgIpc) is 2.24. The van der Waals surface area contributed by atoms with Crippen LogP contribution in [0.2, 0.25) is 0 Å². The van der Waals surface area contributed by atoms with Gasteiger partial charge in [0.2, 0.25) is 5.91 Å². The number of rotatable bonds is 4. The van der Waals surface area contributed by atoms with Gasteiger partial charge in [-0.3, -0.25) is 9.59 Å². The number of likely N-dealkylation sites (tertiary alicyclic amines) is 1. The van der Waals surface area contributed by atoms with Gasteiger partial charge in [-0.1, -0.05) is 20.3 Å². The SMILES string of the molecule is CCCCC(=O)N1CC(C)CC(C(=O)O)C1. The van der Waals surface area contributed by atoms with E-state index in [0.29, 0.717) is 31.8 Å². The molecule has 92 valence electrons. The second-order valence-electron chi connectivity index (χ2n) is 4.78. The van der Waals surface area contributed by atoms with E-state index < -0.39 is 5.97 Å². The lowest BCUT2D eigenvalue weighted by atomic mass is 9.90. The van der Waals surface area contributed by atoms with Crippen LogP contribution in [0.15, 0.2) is 0 Å². The molecule has 0 saturated carbocycles. The molecule has 16 heavy (non-hydrogen) atoms. The number of nitrogens with zero attached hydrogens (tertiary/aromatic N) is 1. The Bertz CT molecular complexity index is 265. The fourth-order valence-electron chi connectivity index (χ4n) is 2.22. The molecule has 1 amide bonds. The van der Waals surface area contributed by atoms with Crippen molar-refractivity contribution < 1.29 is 14.7 Å². The van der Waals surface area contributed by atoms with E-state index in [0.717, 1.165) is 12.8 Å². The molecule has 0 aliphatic carbocycles. The molecule has 4 nitrogen and oxygen atoms in total. The summed E-state index contributed by atoms with van der Waals surface area (Å²) in [6.07, 6.45) is 3.13. The zero-order chi connectivity index (χ0) is 12.1. The number of carboxylic acid groups (broad SMARTS) is 1. The van der Waals surface area contributed by atoms with Gasteiger partial charge in [0.05, 0.1) is 5.92 Å². The van der Waals surface area contributed by atoms with Crippen molar-refractivity contribution in [3.8, 4) is 0 Å². The summed E-state index contributed by atoms with van der Waals surface area (Å²) in [6.45, 7) is 5.16. The highest BCUT2D eigenvalue weighted by atomic mass is 16.4. The topological polar surface area (TPSA) is 57.6 Å². The molecule has 1 rings (SSSR count). The standard InChI is InChI=1S/C12H21NO3/c1-3-4-5-11(14)13-7-9(2)6-10(8-13)12(15)16/h9-10H,3-8H2,1-2H3,(H,15,16). The van der Waals surface area contributed by atoms with Crippen molar-refractivity contribution >= 4 is 11.9 Å². The normalized spacial score (nSPS) is 25.5. The molecule has 0 bridgehead atoms. The van der Waals surface area contributed by atoms with Crippen LogP contribution in [0.1, 0.15) is 39.5 Å². The minimum absolute atomic E-state index is 0.111. The Kier molecular flexibility index (Phi) is 4.77. The third kappa shape index (κ3) is 3.51. The van der Waals surface area contributed by atoms with Crippen LogP contribution in [0.3, 0.4) is 0 Å². The number of aliphatic carboxylic acids is 1. The van der Waals surface area contributed by atoms with Gasteiger partial charge in [-0.05, 0) is 18.8 Å². The maximum Gasteiger partial charge on any atom is 0.308 e. The number of piperidine rings is 1. The van der Waals surface area contributed by atoms with Crippen LogP contribution in [-0.2, 0) is 9.59 Å². The van der Waals surface area contributed by atoms with Crippen LogP contribution in [0.25, 0.3) is 0 Å². The summed E-state index contributed by atoms with van der Waals surface area (Å²) >= 11 is 0. The Morgan fingerprint density at radius 2 is 2.06 bits per heavy atom. The van der Waals surface area contributed by atoms with E-state index in [1.54, 1.807) is 4.90 Å². The van der Waals surface area contributed by atoms with Crippen LogP contribution in [0, 0.1) is 11.8 Å². The molecule has 1 aliphatic heterocycles. The molecular formula is C12H21NO3. The number of carboxylic acids is 1. The molecule has 2 unspecified atom stereocenters. The summed E-state index contributed by atoms with van der Waals surface area (Å²) in [7, 11) is 0. The molecule has 0 spiro atoms. The maximum absolute atomic E-state index is 11.8. The minimum Gasteiger partial charge on any atom is -0.481 e. The van der Waals surface area contributed by atoms with Crippen molar-refractivity contribution in [2.45, 2.75) is 39.5 Å². The number of amides is 1. The van der Waals surface area contributed by atoms with Crippen molar-refractivity contribution in [3.05, 3.63) is 0 Å². The molecule has 1 aliphatic rings. The number of carbonyl (C=O) groups excluding carboxylic acids is 1. The van der Waals surface area contributed by atoms with Gasteiger partial charge in [-0.2, -0.15) is 0 Å². The molecule has 1 fully saturated rings. The van der Waals surface area contributed by atoms with E-state index in [-0.39, 0.29) is 11.8 Å². The molecule has 0 aromatic carbocycles. The summed E-state index contributed by atoms with van der Waals surface area (Å²) in [4.78, 5) is 24.5. The zero-order valence-electron chi connectivity index (χ0n) is 10.1. The van der Waals surface area contributed by atoms with E-state index in [1.165, 1.54) is 0 Å². The molecule has 4 heteroatoms. The van der Waals surface area contributed by atoms with E-state index in [2.05, 4.69) is 0 Å². The Labute approximate surface area is 96.6 Å². The van der Waals surface area contributed by atoms with Gasteiger partial charge in [-0.25, -0.2) is 0 Å². The van der Waals surface area contributed by atoms with Crippen molar-refractivity contribution in [1.82, 2.24) is 4.90 Å². The van der Waals surface area contributed by atoms with Crippen molar-refractivity contribution in [2.24, 2.45) is 11.8 Å². The highest BCUT2D eigenvalue weighted by molar-refractivity contribution is 5.78. The molecule has 2 atom stereocenters. The number of carbonyl (C=O) groups is 2. The van der Waals surface area contributed by atoms with Gasteiger partial charge >= 0.3 is 5.97 Å². The zero-order valence-corrected chi connectivity index (χ0v) is 10.1. The van der Waals surface area contributed by atoms with Crippen molar-refractivity contribution in [3.63, 3.8) is 0 Å². The predicted molar refractivity (Wildman–Crippen MR) is 61.0 cm³/mol. The van der Waals surface area contributed by atoms with E-state index >= 15 is 0 Å². The fourth-order valence-corrected chi connectivity index (χ4v) is 2.22. The lowest BCUT2D eigenvalue weighted by Crippen LogP contribution is -2.45. The van der Waals surface area contributed by atoms with Crippen molar-refractivity contribution in [2.75, 3.05) is 13.1 Å². The van der Waals surface area contributed by atoms with Gasteiger partial charge in [0.25, 0.3) is 0 Å². The molecule has 1 heterocycles. The quantitative estimate of drug-likeness (QED) is 0.796. The van der Waals surface area contributed by atoms with Crippen LogP contribution in [0.5, 0.6) is 0 Å². The van der Waals surface area contributed by atoms with Crippen LogP contribution in [-0.4, -0.2) is 35.0 Å². The Balaban J connectivity index is 2.53. The first-order chi connectivity index (χ1) is 7.54. The Hall–Kier alpha value is -1.06. The van der Waals surface area contributed by atoms with Crippen molar-refractivity contribution in [1.29, 1.82) is 0 Å². The van der Waals surface area contributed by atoms with Crippen LogP contribution in [0.4, 0.5) is 0 Å². The highest BCUT2D eigenvalue weighted by Gasteiger charge is 2.31. The molecule has 0 aromatic rings. The first kappa shape index (κ1) is 13.0. The van der Waals surface area contributed by atoms with Crippen LogP contribution >= 0.6 is 0 Å². The molecule has 1 saturated heterocycles. The minimum atomic E-state index is -0.778. The molecule has 0 radical (unpaired) electrons. The summed E-state index contributed by atoms with van der Waals surface area (Å²) < 4.78 is 0. The molecule has 1 N–H and O–H groups in total. The third-order valence-corrected chi connectivity index (χ3v) is 3.11. The van der Waals surface area contributed by atoms with E-state index in [1.807, 2.05) is 13.8 Å².